The summed E-state index contributed by atoms with van der Waals surface area (Å²) in [6.45, 7) is 1.41. The van der Waals surface area contributed by atoms with E-state index >= 15 is 0 Å². The van der Waals surface area contributed by atoms with Crippen LogP contribution in [0.2, 0.25) is 0 Å². The molecule has 0 aliphatic carbocycles. The SMILES string of the molecule is CC(C#N)(Cn1nc2cccc(OCCl)c2n1)NC(=O)c1ccc(SC(F)(F)F)cc1. The van der Waals surface area contributed by atoms with Crippen LogP contribution in [-0.2, 0) is 6.54 Å². The number of rotatable bonds is 7. The summed E-state index contributed by atoms with van der Waals surface area (Å²) in [7, 11) is 0. The minimum Gasteiger partial charge on any atom is -0.475 e. The molecule has 162 valence electrons. The van der Waals surface area contributed by atoms with E-state index in [1.807, 2.05) is 6.07 Å². The number of alkyl halides is 4. The molecule has 0 saturated carbocycles. The summed E-state index contributed by atoms with van der Waals surface area (Å²) in [5.41, 5.74) is -4.72. The Labute approximate surface area is 184 Å². The Morgan fingerprint density at radius 2 is 1.97 bits per heavy atom. The van der Waals surface area contributed by atoms with Crippen molar-refractivity contribution < 1.29 is 22.7 Å². The number of carbonyl (C=O) groups excluding carboxylic acids is 1. The molecular weight excluding hydrogens is 455 g/mol. The number of thioether (sulfide) groups is 1. The first-order chi connectivity index (χ1) is 14.6. The molecule has 31 heavy (non-hydrogen) atoms. The highest BCUT2D eigenvalue weighted by Crippen LogP contribution is 2.36. The van der Waals surface area contributed by atoms with E-state index in [2.05, 4.69) is 15.5 Å². The smallest absolute Gasteiger partial charge is 0.446 e. The zero-order chi connectivity index (χ0) is 22.6. The van der Waals surface area contributed by atoms with Gasteiger partial charge in [0.15, 0.2) is 17.3 Å². The molecule has 1 N–H and O–H groups in total. The zero-order valence-corrected chi connectivity index (χ0v) is 17.6. The van der Waals surface area contributed by atoms with E-state index in [-0.39, 0.29) is 34.8 Å². The zero-order valence-electron chi connectivity index (χ0n) is 16.0. The number of carbonyl (C=O) groups is 1. The first kappa shape index (κ1) is 22.7. The van der Waals surface area contributed by atoms with Gasteiger partial charge in [-0.15, -0.1) is 5.10 Å². The Hall–Kier alpha value is -2.97. The Morgan fingerprint density at radius 3 is 2.58 bits per heavy atom. The van der Waals surface area contributed by atoms with Crippen molar-refractivity contribution in [1.82, 2.24) is 20.3 Å². The molecule has 2 aromatic carbocycles. The highest BCUT2D eigenvalue weighted by molar-refractivity contribution is 8.00. The lowest BCUT2D eigenvalue weighted by Gasteiger charge is -2.22. The van der Waals surface area contributed by atoms with Gasteiger partial charge in [-0.3, -0.25) is 4.79 Å². The van der Waals surface area contributed by atoms with Gasteiger partial charge < -0.3 is 10.1 Å². The number of halogens is 4. The van der Waals surface area contributed by atoms with Gasteiger partial charge in [-0.25, -0.2) is 0 Å². The molecule has 7 nitrogen and oxygen atoms in total. The van der Waals surface area contributed by atoms with Crippen molar-refractivity contribution in [3.8, 4) is 11.8 Å². The second-order valence-corrected chi connectivity index (χ2v) is 7.93. The fraction of sp³-hybridized carbons (Fsp3) is 0.263. The Bertz CT molecular complexity index is 1130. The van der Waals surface area contributed by atoms with Crippen molar-refractivity contribution in [1.29, 1.82) is 5.26 Å². The van der Waals surface area contributed by atoms with Crippen LogP contribution >= 0.6 is 23.4 Å². The number of benzene rings is 2. The third-order valence-electron chi connectivity index (χ3n) is 4.07. The lowest BCUT2D eigenvalue weighted by Crippen LogP contribution is -2.48. The standard InChI is InChI=1S/C19H15ClF3N5O2S/c1-18(9-24,10-28-26-14-3-2-4-15(30-11-20)16(14)27-28)25-17(29)12-5-7-13(8-6-12)31-19(21,22)23/h2-8H,10-11H2,1H3,(H,25,29). The molecule has 1 amide bonds. The molecule has 1 atom stereocenters. The normalized spacial score (nSPS) is 13.4. The molecule has 1 heterocycles. The third-order valence-corrected chi connectivity index (χ3v) is 4.92. The molecule has 0 saturated heterocycles. The molecule has 3 aromatic rings. The predicted octanol–water partition coefficient (Wildman–Crippen LogP) is 4.33. The minimum absolute atomic E-state index is 0.0468. The number of nitrogens with one attached hydrogen (secondary N) is 1. The summed E-state index contributed by atoms with van der Waals surface area (Å²) in [6.07, 6.45) is 0. The maximum atomic E-state index is 12.5. The topological polar surface area (TPSA) is 92.8 Å². The third kappa shape index (κ3) is 5.80. The minimum atomic E-state index is -4.42. The van der Waals surface area contributed by atoms with Gasteiger partial charge in [0.05, 0.1) is 12.6 Å². The molecule has 3 rings (SSSR count). The number of aromatic nitrogens is 3. The lowest BCUT2D eigenvalue weighted by molar-refractivity contribution is -0.0328. The van der Waals surface area contributed by atoms with Crippen LogP contribution in [0.25, 0.3) is 11.0 Å². The van der Waals surface area contributed by atoms with E-state index in [0.29, 0.717) is 16.8 Å². The van der Waals surface area contributed by atoms with Gasteiger partial charge in [0.1, 0.15) is 11.1 Å². The van der Waals surface area contributed by atoms with E-state index < -0.39 is 17.0 Å². The molecule has 0 fully saturated rings. The molecule has 1 unspecified atom stereocenters. The van der Waals surface area contributed by atoms with Crippen molar-refractivity contribution >= 4 is 40.3 Å². The first-order valence-corrected chi connectivity index (χ1v) is 10.1. The Balaban J connectivity index is 1.75. The van der Waals surface area contributed by atoms with Gasteiger partial charge in [-0.05, 0) is 55.1 Å². The molecule has 12 heteroatoms. The number of fused-ring (bicyclic) bond motifs is 1. The van der Waals surface area contributed by atoms with Gasteiger partial charge in [0.25, 0.3) is 5.91 Å². The number of amides is 1. The Kier molecular flexibility index (Phi) is 6.62. The number of hydrogen-bond acceptors (Lipinski definition) is 6. The number of nitrogens with zero attached hydrogens (tertiary/aromatic N) is 4. The summed E-state index contributed by atoms with van der Waals surface area (Å²) >= 11 is 5.33. The van der Waals surface area contributed by atoms with Gasteiger partial charge in [-0.2, -0.15) is 28.3 Å². The summed E-state index contributed by atoms with van der Waals surface area (Å²) in [5.74, 6) is -0.186. The monoisotopic (exact) mass is 469 g/mol. The average molecular weight is 470 g/mol. The van der Waals surface area contributed by atoms with Crippen LogP contribution in [-0.4, -0.2) is 38.0 Å². The van der Waals surface area contributed by atoms with E-state index in [9.17, 15) is 23.2 Å². The first-order valence-electron chi connectivity index (χ1n) is 8.75. The van der Waals surface area contributed by atoms with Crippen molar-refractivity contribution in [3.63, 3.8) is 0 Å². The van der Waals surface area contributed by atoms with Crippen LogP contribution < -0.4 is 10.1 Å². The largest absolute Gasteiger partial charge is 0.475 e. The van der Waals surface area contributed by atoms with Crippen LogP contribution in [0.4, 0.5) is 13.2 Å². The van der Waals surface area contributed by atoms with Crippen LogP contribution in [0.5, 0.6) is 5.75 Å². The molecule has 0 aliphatic rings. The van der Waals surface area contributed by atoms with Crippen LogP contribution in [0.1, 0.15) is 17.3 Å². The Morgan fingerprint density at radius 1 is 1.26 bits per heavy atom. The summed E-state index contributed by atoms with van der Waals surface area (Å²) < 4.78 is 42.6. The summed E-state index contributed by atoms with van der Waals surface area (Å²) in [4.78, 5) is 13.8. The van der Waals surface area contributed by atoms with E-state index in [0.717, 1.165) is 0 Å². The molecule has 0 bridgehead atoms. The molecule has 0 spiro atoms. The highest BCUT2D eigenvalue weighted by atomic mass is 35.5. The molecule has 1 aromatic heterocycles. The quantitative estimate of drug-likeness (QED) is 0.409. The summed E-state index contributed by atoms with van der Waals surface area (Å²) in [6, 6.07) is 12.0. The maximum Gasteiger partial charge on any atom is 0.446 e. The van der Waals surface area contributed by atoms with Gasteiger partial charge >= 0.3 is 5.51 Å². The molecule has 0 radical (unpaired) electrons. The highest BCUT2D eigenvalue weighted by Gasteiger charge is 2.30. The van der Waals surface area contributed by atoms with Crippen LogP contribution in [0.3, 0.4) is 0 Å². The number of hydrogen-bond donors (Lipinski definition) is 1. The van der Waals surface area contributed by atoms with Gasteiger partial charge in [-0.1, -0.05) is 17.7 Å². The van der Waals surface area contributed by atoms with Crippen molar-refractivity contribution in [2.75, 3.05) is 6.07 Å². The van der Waals surface area contributed by atoms with Crippen molar-refractivity contribution in [2.24, 2.45) is 0 Å². The fourth-order valence-electron chi connectivity index (χ4n) is 2.72. The predicted molar refractivity (Wildman–Crippen MR) is 109 cm³/mol. The second kappa shape index (κ2) is 9.03. The summed E-state index contributed by atoms with van der Waals surface area (Å²) in [5, 5.41) is 20.8. The maximum absolute atomic E-state index is 12.5. The molecule has 0 aliphatic heterocycles. The molecular formula is C19H15ClF3N5O2S. The van der Waals surface area contributed by atoms with E-state index in [1.54, 1.807) is 18.2 Å². The number of nitriles is 1. The fourth-order valence-corrected chi connectivity index (χ4v) is 3.37. The van der Waals surface area contributed by atoms with E-state index in [4.69, 9.17) is 16.3 Å². The van der Waals surface area contributed by atoms with E-state index in [1.165, 1.54) is 36.0 Å². The van der Waals surface area contributed by atoms with Crippen molar-refractivity contribution in [3.05, 3.63) is 48.0 Å². The van der Waals surface area contributed by atoms with Crippen LogP contribution in [0.15, 0.2) is 47.4 Å². The number of ether oxygens (including phenoxy) is 1. The van der Waals surface area contributed by atoms with Crippen LogP contribution in [0, 0.1) is 11.3 Å². The van der Waals surface area contributed by atoms with Crippen molar-refractivity contribution in [2.45, 2.75) is 29.4 Å². The lowest BCUT2D eigenvalue weighted by atomic mass is 10.0. The second-order valence-electron chi connectivity index (χ2n) is 6.58. The average Bonchev–Trinajstić information content (AvgIpc) is 3.10. The van der Waals surface area contributed by atoms with Gasteiger partial charge in [0.2, 0.25) is 0 Å². The van der Waals surface area contributed by atoms with Gasteiger partial charge in [0, 0.05) is 10.5 Å².